The normalized spacial score (nSPS) is 11.8. The maximum absolute atomic E-state index is 11.7. The highest BCUT2D eigenvalue weighted by molar-refractivity contribution is 7.87. The number of hydrogen-bond acceptors (Lipinski definition) is 4. The average Bonchev–Trinajstić information content (AvgIpc) is 2.23. The highest BCUT2D eigenvalue weighted by atomic mass is 32.2. The van der Waals surface area contributed by atoms with E-state index in [2.05, 4.69) is 4.72 Å². The Balaban J connectivity index is 4.41. The van der Waals surface area contributed by atoms with E-state index < -0.39 is 16.2 Å². The van der Waals surface area contributed by atoms with Crippen molar-refractivity contribution >= 4 is 16.2 Å². The minimum atomic E-state index is -3.57. The molecule has 0 aromatic carbocycles. The van der Waals surface area contributed by atoms with E-state index in [1.165, 1.54) is 0 Å². The highest BCUT2D eigenvalue weighted by Crippen LogP contribution is 1.98. The molecule has 0 aliphatic carbocycles. The van der Waals surface area contributed by atoms with E-state index in [9.17, 15) is 13.2 Å². The summed E-state index contributed by atoms with van der Waals surface area (Å²) >= 11 is 0. The van der Waals surface area contributed by atoms with Crippen LogP contribution in [-0.2, 0) is 19.7 Å². The minimum Gasteiger partial charge on any atom is -0.465 e. The number of carbonyl (C=O) groups is 1. The van der Waals surface area contributed by atoms with Crippen molar-refractivity contribution < 1.29 is 17.9 Å². The number of likely N-dealkylation sites (N-methyl/N-ethyl adjacent to an activating group) is 1. The van der Waals surface area contributed by atoms with Gasteiger partial charge in [0.05, 0.1) is 6.61 Å². The number of rotatable bonds is 8. The van der Waals surface area contributed by atoms with Crippen molar-refractivity contribution in [1.29, 1.82) is 0 Å². The first kappa shape index (κ1) is 15.3. The fourth-order valence-electron chi connectivity index (χ4n) is 1.04. The first-order valence-corrected chi connectivity index (χ1v) is 6.82. The standard InChI is InChI=1S/C9H20N2O4S/c1-4-7-10-16(13,14)11(5-2)8-9(12)15-6-3/h10H,4-8H2,1-3H3. The number of carbonyl (C=O) groups excluding carboxylic acids is 1. The number of nitrogens with one attached hydrogen (secondary N) is 1. The van der Waals surface area contributed by atoms with Gasteiger partial charge in [-0.15, -0.1) is 0 Å². The molecule has 16 heavy (non-hydrogen) atoms. The molecule has 6 nitrogen and oxygen atoms in total. The third-order valence-corrected chi connectivity index (χ3v) is 3.47. The molecule has 0 saturated heterocycles. The zero-order valence-electron chi connectivity index (χ0n) is 10.0. The van der Waals surface area contributed by atoms with Gasteiger partial charge in [0.15, 0.2) is 0 Å². The molecule has 0 fully saturated rings. The summed E-state index contributed by atoms with van der Waals surface area (Å²) in [4.78, 5) is 11.2. The second-order valence-electron chi connectivity index (χ2n) is 3.13. The van der Waals surface area contributed by atoms with Crippen LogP contribution in [0.4, 0.5) is 0 Å². The average molecular weight is 252 g/mol. The molecule has 7 heteroatoms. The van der Waals surface area contributed by atoms with Crippen molar-refractivity contribution in [3.05, 3.63) is 0 Å². The molecule has 0 amide bonds. The number of hydrogen-bond donors (Lipinski definition) is 1. The summed E-state index contributed by atoms with van der Waals surface area (Å²) in [6, 6.07) is 0. The van der Waals surface area contributed by atoms with Crippen LogP contribution in [0.15, 0.2) is 0 Å². The van der Waals surface area contributed by atoms with Gasteiger partial charge < -0.3 is 4.74 Å². The third-order valence-electron chi connectivity index (χ3n) is 1.84. The van der Waals surface area contributed by atoms with Crippen LogP contribution in [0.25, 0.3) is 0 Å². The molecule has 0 rings (SSSR count). The van der Waals surface area contributed by atoms with Gasteiger partial charge >= 0.3 is 5.97 Å². The van der Waals surface area contributed by atoms with E-state index in [1.54, 1.807) is 13.8 Å². The first-order valence-electron chi connectivity index (χ1n) is 5.38. The van der Waals surface area contributed by atoms with Gasteiger partial charge in [0.1, 0.15) is 6.54 Å². The van der Waals surface area contributed by atoms with E-state index in [0.29, 0.717) is 13.0 Å². The molecule has 1 N–H and O–H groups in total. The Morgan fingerprint density at radius 3 is 2.38 bits per heavy atom. The van der Waals surface area contributed by atoms with Crippen LogP contribution in [0.1, 0.15) is 27.2 Å². The minimum absolute atomic E-state index is 0.234. The van der Waals surface area contributed by atoms with Crippen LogP contribution in [0, 0.1) is 0 Å². The Kier molecular flexibility index (Phi) is 7.27. The molecule has 0 unspecified atom stereocenters. The molecule has 0 heterocycles. The maximum Gasteiger partial charge on any atom is 0.321 e. The van der Waals surface area contributed by atoms with Crippen LogP contribution < -0.4 is 4.72 Å². The van der Waals surface area contributed by atoms with Crippen molar-refractivity contribution in [2.45, 2.75) is 27.2 Å². The second kappa shape index (κ2) is 7.59. The smallest absolute Gasteiger partial charge is 0.321 e. The summed E-state index contributed by atoms with van der Waals surface area (Å²) in [6.45, 7) is 5.81. The SMILES string of the molecule is CCCNS(=O)(=O)N(CC)CC(=O)OCC. The van der Waals surface area contributed by atoms with Gasteiger partial charge in [-0.3, -0.25) is 4.79 Å². The zero-order valence-corrected chi connectivity index (χ0v) is 10.8. The Bertz CT molecular complexity index is 303. The zero-order chi connectivity index (χ0) is 12.6. The van der Waals surface area contributed by atoms with Crippen LogP contribution >= 0.6 is 0 Å². The fraction of sp³-hybridized carbons (Fsp3) is 0.889. The monoisotopic (exact) mass is 252 g/mol. The molecule has 0 spiro atoms. The van der Waals surface area contributed by atoms with Crippen molar-refractivity contribution in [3.63, 3.8) is 0 Å². The molecule has 96 valence electrons. The maximum atomic E-state index is 11.7. The molecule has 0 bridgehead atoms. The molecule has 0 atom stereocenters. The van der Waals surface area contributed by atoms with E-state index in [-0.39, 0.29) is 19.7 Å². The Hall–Kier alpha value is -0.660. The van der Waals surface area contributed by atoms with Crippen LogP contribution in [0.5, 0.6) is 0 Å². The number of ether oxygens (including phenoxy) is 1. The molecule has 0 aromatic rings. The van der Waals surface area contributed by atoms with Crippen molar-refractivity contribution in [1.82, 2.24) is 9.03 Å². The van der Waals surface area contributed by atoms with Crippen LogP contribution in [-0.4, -0.2) is 44.9 Å². The molecular formula is C9H20N2O4S. The van der Waals surface area contributed by atoms with E-state index in [4.69, 9.17) is 4.74 Å². The lowest BCUT2D eigenvalue weighted by Gasteiger charge is -2.19. The molecular weight excluding hydrogens is 232 g/mol. The molecule has 0 aromatic heterocycles. The lowest BCUT2D eigenvalue weighted by atomic mass is 10.5. The third kappa shape index (κ3) is 5.43. The number of esters is 1. The van der Waals surface area contributed by atoms with Crippen LogP contribution in [0.3, 0.4) is 0 Å². The molecule has 0 saturated carbocycles. The fourth-order valence-corrected chi connectivity index (χ4v) is 2.30. The van der Waals surface area contributed by atoms with Crippen molar-refractivity contribution in [2.24, 2.45) is 0 Å². The molecule has 0 aliphatic rings. The van der Waals surface area contributed by atoms with Crippen molar-refractivity contribution in [2.75, 3.05) is 26.2 Å². The van der Waals surface area contributed by atoms with Gasteiger partial charge in [-0.25, -0.2) is 4.72 Å². The molecule has 0 aliphatic heterocycles. The lowest BCUT2D eigenvalue weighted by molar-refractivity contribution is -0.143. The van der Waals surface area contributed by atoms with Crippen molar-refractivity contribution in [3.8, 4) is 0 Å². The largest absolute Gasteiger partial charge is 0.465 e. The van der Waals surface area contributed by atoms with Gasteiger partial charge in [-0.2, -0.15) is 12.7 Å². The van der Waals surface area contributed by atoms with Gasteiger partial charge in [-0.1, -0.05) is 13.8 Å². The summed E-state index contributed by atoms with van der Waals surface area (Å²) in [7, 11) is -3.57. The topological polar surface area (TPSA) is 75.7 Å². The van der Waals surface area contributed by atoms with Gasteiger partial charge in [0.2, 0.25) is 0 Å². The summed E-state index contributed by atoms with van der Waals surface area (Å²) in [5.74, 6) is -0.536. The van der Waals surface area contributed by atoms with Gasteiger partial charge in [0.25, 0.3) is 10.2 Å². The van der Waals surface area contributed by atoms with E-state index in [0.717, 1.165) is 4.31 Å². The quantitative estimate of drug-likeness (QED) is 0.622. The summed E-state index contributed by atoms with van der Waals surface area (Å²) < 4.78 is 31.5. The van der Waals surface area contributed by atoms with Gasteiger partial charge in [0, 0.05) is 13.1 Å². The number of nitrogens with zero attached hydrogens (tertiary/aromatic N) is 1. The Morgan fingerprint density at radius 2 is 1.94 bits per heavy atom. The summed E-state index contributed by atoms with van der Waals surface area (Å²) in [5.41, 5.74) is 0. The summed E-state index contributed by atoms with van der Waals surface area (Å²) in [6.07, 6.45) is 0.705. The predicted molar refractivity (Wildman–Crippen MR) is 61.1 cm³/mol. The lowest BCUT2D eigenvalue weighted by Crippen LogP contribution is -2.43. The molecule has 0 radical (unpaired) electrons. The predicted octanol–water partition coefficient (Wildman–Crippen LogP) is 0.116. The Labute approximate surface area is 97.1 Å². The second-order valence-corrected chi connectivity index (χ2v) is 4.89. The Morgan fingerprint density at radius 1 is 1.31 bits per heavy atom. The van der Waals surface area contributed by atoms with Crippen LogP contribution in [0.2, 0.25) is 0 Å². The van der Waals surface area contributed by atoms with Gasteiger partial charge in [-0.05, 0) is 13.3 Å². The summed E-state index contributed by atoms with van der Waals surface area (Å²) in [5, 5.41) is 0. The first-order chi connectivity index (χ1) is 7.47. The highest BCUT2D eigenvalue weighted by Gasteiger charge is 2.22. The van der Waals surface area contributed by atoms with E-state index in [1.807, 2.05) is 6.92 Å². The van der Waals surface area contributed by atoms with E-state index >= 15 is 0 Å².